The molecule has 418 valence electrons. The normalized spacial score (nSPS) is 20.2. The van der Waals surface area contributed by atoms with Crippen LogP contribution < -0.4 is 25.2 Å². The molecule has 1 saturated carbocycles. The number of anilines is 3. The number of hydrogen-bond acceptors (Lipinski definition) is 13. The van der Waals surface area contributed by atoms with Crippen molar-refractivity contribution in [3.8, 4) is 16.9 Å². The summed E-state index contributed by atoms with van der Waals surface area (Å²) >= 11 is 1.43. The summed E-state index contributed by atoms with van der Waals surface area (Å²) in [7, 11) is 1.72. The highest BCUT2D eigenvalue weighted by Gasteiger charge is 2.47. The molecule has 4 aliphatic rings. The monoisotopic (exact) mass is 1110 g/mol. The minimum Gasteiger partial charge on any atom is -0.490 e. The molecule has 4 aromatic carbocycles. The first-order chi connectivity index (χ1) is 38.3. The number of carbonyl (C=O) groups excluding carboxylic acids is 4. The van der Waals surface area contributed by atoms with Crippen LogP contribution in [0.5, 0.6) is 5.75 Å². The molecule has 19 heteroatoms. The number of aromatic nitrogens is 4. The molecule has 3 amide bonds. The maximum Gasteiger partial charge on any atom is 0.409 e. The van der Waals surface area contributed by atoms with E-state index in [1.807, 2.05) is 99.3 Å². The van der Waals surface area contributed by atoms with E-state index in [0.29, 0.717) is 89.3 Å². The predicted molar refractivity (Wildman–Crippen MR) is 303 cm³/mol. The van der Waals surface area contributed by atoms with Gasteiger partial charge in [0.2, 0.25) is 11.8 Å². The summed E-state index contributed by atoms with van der Waals surface area (Å²) in [6.07, 6.45) is 2.07. The number of hydrogen-bond donors (Lipinski definition) is 2. The van der Waals surface area contributed by atoms with E-state index in [0.717, 1.165) is 76.7 Å². The summed E-state index contributed by atoms with van der Waals surface area (Å²) in [4.78, 5) is 67.5. The fourth-order valence-corrected chi connectivity index (χ4v) is 12.9. The number of alkyl halides is 3. The number of thiazole rings is 1. The van der Waals surface area contributed by atoms with Crippen molar-refractivity contribution in [2.24, 2.45) is 13.0 Å². The Morgan fingerprint density at radius 1 is 0.863 bits per heavy atom. The molecular weight excluding hydrogens is 1040 g/mol. The van der Waals surface area contributed by atoms with Gasteiger partial charge in [0.05, 0.1) is 33.4 Å². The quantitative estimate of drug-likeness (QED) is 0.0831. The van der Waals surface area contributed by atoms with Crippen molar-refractivity contribution in [3.63, 3.8) is 0 Å². The third-order valence-electron chi connectivity index (χ3n) is 16.2. The topological polar surface area (TPSA) is 164 Å². The number of ether oxygens (including phenoxy) is 2. The molecule has 15 nitrogen and oxygen atoms in total. The van der Waals surface area contributed by atoms with Crippen LogP contribution in [-0.2, 0) is 34.3 Å². The number of nitrogens with one attached hydrogen (secondary N) is 2. The zero-order chi connectivity index (χ0) is 56.0. The van der Waals surface area contributed by atoms with Crippen molar-refractivity contribution in [2.45, 2.75) is 122 Å². The van der Waals surface area contributed by atoms with E-state index in [-0.39, 0.29) is 43.1 Å². The van der Waals surface area contributed by atoms with Gasteiger partial charge in [0.15, 0.2) is 10.8 Å². The Morgan fingerprint density at radius 2 is 1.66 bits per heavy atom. The van der Waals surface area contributed by atoms with Gasteiger partial charge in [0.1, 0.15) is 23.2 Å². The van der Waals surface area contributed by atoms with E-state index in [1.54, 1.807) is 29.9 Å². The van der Waals surface area contributed by atoms with E-state index >= 15 is 0 Å². The van der Waals surface area contributed by atoms with E-state index in [1.165, 1.54) is 16.2 Å². The fourth-order valence-electron chi connectivity index (χ4n) is 12.1. The SMILES string of the molecule is Cc1c(OC2CCC(CCCN3CCN(c4ccc5c([C@@H]6CCC(=O)NC6=O)nn(C)c5c4)[C@H](C(F)(F)F)C3)CC2)cccc1-c1ccc(N2CCc3cccc(C(=O)Nc4nc5ccccc5s4)c3C2)nc1C(=O)OC(C)(C)C. The summed E-state index contributed by atoms with van der Waals surface area (Å²) in [6.45, 7) is 9.70. The molecule has 1 aliphatic carbocycles. The molecule has 3 fully saturated rings. The van der Waals surface area contributed by atoms with Gasteiger partial charge in [-0.25, -0.2) is 14.8 Å². The van der Waals surface area contributed by atoms with Crippen LogP contribution in [0.15, 0.2) is 91.0 Å². The fraction of sp³-hybridized carbons (Fsp3) is 0.426. The van der Waals surface area contributed by atoms with E-state index in [2.05, 4.69) is 31.7 Å². The minimum absolute atomic E-state index is 0.0172. The Kier molecular flexibility index (Phi) is 15.2. The van der Waals surface area contributed by atoms with Crippen molar-refractivity contribution < 1.29 is 41.8 Å². The number of nitrogens with zero attached hydrogens (tertiary/aromatic N) is 7. The number of piperidine rings is 1. The van der Waals surface area contributed by atoms with Crippen molar-refractivity contribution >= 4 is 72.8 Å². The number of aryl methyl sites for hydroxylation is 1. The molecule has 7 aromatic rings. The van der Waals surface area contributed by atoms with Gasteiger partial charge in [-0.3, -0.25) is 34.6 Å². The number of amides is 3. The van der Waals surface area contributed by atoms with Crippen LogP contribution in [0.25, 0.3) is 32.2 Å². The van der Waals surface area contributed by atoms with Crippen LogP contribution in [0, 0.1) is 12.8 Å². The van der Waals surface area contributed by atoms with Crippen LogP contribution in [0.2, 0.25) is 0 Å². The van der Waals surface area contributed by atoms with E-state index < -0.39 is 35.6 Å². The highest BCUT2D eigenvalue weighted by Crippen LogP contribution is 2.40. The van der Waals surface area contributed by atoms with Gasteiger partial charge >= 0.3 is 12.1 Å². The highest BCUT2D eigenvalue weighted by atomic mass is 32.1. The van der Waals surface area contributed by atoms with Crippen molar-refractivity contribution in [3.05, 3.63) is 125 Å². The Hall–Kier alpha value is -7.38. The van der Waals surface area contributed by atoms with Crippen LogP contribution in [0.1, 0.15) is 121 Å². The molecule has 3 aliphatic heterocycles. The lowest BCUT2D eigenvalue weighted by atomic mass is 9.84. The zero-order valence-electron chi connectivity index (χ0n) is 45.7. The molecule has 0 bridgehead atoms. The van der Waals surface area contributed by atoms with Gasteiger partial charge in [-0.15, -0.1) is 0 Å². The molecule has 80 heavy (non-hydrogen) atoms. The number of esters is 1. The predicted octanol–water partition coefficient (Wildman–Crippen LogP) is 11.3. The molecule has 11 rings (SSSR count). The van der Waals surface area contributed by atoms with Gasteiger partial charge in [-0.1, -0.05) is 47.7 Å². The molecule has 0 radical (unpaired) electrons. The van der Waals surface area contributed by atoms with Crippen LogP contribution in [0.4, 0.5) is 29.8 Å². The molecular formula is C61H66F3N9O6S. The summed E-state index contributed by atoms with van der Waals surface area (Å²) < 4.78 is 59.7. The third-order valence-corrected chi connectivity index (χ3v) is 17.1. The van der Waals surface area contributed by atoms with Gasteiger partial charge in [0.25, 0.3) is 5.91 Å². The van der Waals surface area contributed by atoms with Crippen LogP contribution >= 0.6 is 11.3 Å². The molecule has 2 N–H and O–H groups in total. The van der Waals surface area contributed by atoms with Gasteiger partial charge in [-0.05, 0) is 168 Å². The molecule has 0 unspecified atom stereocenters. The van der Waals surface area contributed by atoms with Crippen LogP contribution in [-0.4, -0.2) is 105 Å². The van der Waals surface area contributed by atoms with Gasteiger partial charge in [0, 0.05) is 68.4 Å². The number of para-hydroxylation sites is 1. The average molecular weight is 1110 g/mol. The first-order valence-corrected chi connectivity index (χ1v) is 28.5. The van der Waals surface area contributed by atoms with Crippen LogP contribution in [0.3, 0.4) is 0 Å². The van der Waals surface area contributed by atoms with Crippen molar-refractivity contribution in [2.75, 3.05) is 47.8 Å². The number of carbonyl (C=O) groups is 4. The van der Waals surface area contributed by atoms with E-state index in [4.69, 9.17) is 14.5 Å². The Bertz CT molecular complexity index is 3480. The first-order valence-electron chi connectivity index (χ1n) is 27.7. The van der Waals surface area contributed by atoms with Crippen molar-refractivity contribution in [1.29, 1.82) is 0 Å². The Balaban J connectivity index is 0.711. The lowest BCUT2D eigenvalue weighted by Gasteiger charge is -2.43. The number of rotatable bonds is 13. The standard InChI is InChI=1S/C61H66F3N9O6S/c1-36-41(42-24-26-52(66-55(42)58(77)79-60(2,3)4)72-30-28-38-12-8-14-43(46(38)34-72)56(75)68-59-65-47-15-6-7-17-50(47)80-59)13-9-16-49(36)78-40-21-18-37(19-22-40)11-10-29-71-31-32-73(51(35-71)61(62,63)64)39-20-23-44-48(33-39)70(5)69-54(44)45-25-27-53(74)67-57(45)76/h6-9,12-17,20,23-24,26,33,37,40,45,51H,10-11,18-19,21-22,25,27-32,34-35H2,1-5H3,(H,65,68,75)(H,67,74,76)/t37?,40?,45-,51-/m0/s1. The summed E-state index contributed by atoms with van der Waals surface area (Å²) in [5.41, 5.74) is 6.69. The number of piperazine rings is 1. The summed E-state index contributed by atoms with van der Waals surface area (Å²) in [6, 6.07) is 26.8. The lowest BCUT2D eigenvalue weighted by Crippen LogP contribution is -2.59. The maximum atomic E-state index is 14.8. The first kappa shape index (κ1) is 54.6. The number of pyridine rings is 1. The van der Waals surface area contributed by atoms with Crippen molar-refractivity contribution in [1.82, 2.24) is 30.0 Å². The van der Waals surface area contributed by atoms with Gasteiger partial charge < -0.3 is 19.3 Å². The summed E-state index contributed by atoms with van der Waals surface area (Å²) in [5, 5.41) is 11.2. The third kappa shape index (κ3) is 11.6. The number of imide groups is 1. The number of benzene rings is 4. The Morgan fingerprint density at radius 3 is 2.44 bits per heavy atom. The highest BCUT2D eigenvalue weighted by molar-refractivity contribution is 7.22. The Labute approximate surface area is 466 Å². The second-order valence-electron chi connectivity index (χ2n) is 22.7. The molecule has 2 saturated heterocycles. The smallest absolute Gasteiger partial charge is 0.409 e. The number of fused-ring (bicyclic) bond motifs is 3. The maximum absolute atomic E-state index is 14.8. The van der Waals surface area contributed by atoms with E-state index in [9.17, 15) is 32.3 Å². The van der Waals surface area contributed by atoms with Gasteiger partial charge in [-0.2, -0.15) is 18.3 Å². The second kappa shape index (κ2) is 22.3. The minimum atomic E-state index is -4.45. The number of halogens is 3. The second-order valence-corrected chi connectivity index (χ2v) is 23.8. The molecule has 0 spiro atoms. The average Bonchev–Trinajstić information content (AvgIpc) is 4.11. The molecule has 6 heterocycles. The molecule has 2 atom stereocenters. The lowest BCUT2D eigenvalue weighted by molar-refractivity contribution is -0.156. The largest absolute Gasteiger partial charge is 0.490 e. The zero-order valence-corrected chi connectivity index (χ0v) is 46.5. The summed E-state index contributed by atoms with van der Waals surface area (Å²) in [5.74, 6) is -0.348. The molecule has 3 aromatic heterocycles.